The summed E-state index contributed by atoms with van der Waals surface area (Å²) in [6.07, 6.45) is 0.288. The second-order valence-electron chi connectivity index (χ2n) is 4.58. The van der Waals surface area contributed by atoms with Gasteiger partial charge in [-0.2, -0.15) is 4.72 Å². The SMILES string of the molecule is CN1C(=O)CCC(NS(=O)(=O)c2cccc(N)c2)C1=O. The molecule has 1 heterocycles. The molecule has 0 saturated carbocycles. The zero-order valence-corrected chi connectivity index (χ0v) is 11.7. The van der Waals surface area contributed by atoms with Gasteiger partial charge in [0.05, 0.1) is 4.90 Å². The van der Waals surface area contributed by atoms with Gasteiger partial charge in [-0.3, -0.25) is 14.5 Å². The standard InChI is InChI=1S/C12H15N3O4S/c1-15-11(16)6-5-10(12(15)17)14-20(18,19)9-4-2-3-8(13)7-9/h2-4,7,10,14H,5-6,13H2,1H3. The van der Waals surface area contributed by atoms with Crippen molar-refractivity contribution in [2.75, 3.05) is 12.8 Å². The lowest BCUT2D eigenvalue weighted by Gasteiger charge is -2.27. The summed E-state index contributed by atoms with van der Waals surface area (Å²) in [4.78, 5) is 24.1. The maximum absolute atomic E-state index is 12.2. The van der Waals surface area contributed by atoms with Crippen molar-refractivity contribution in [3.05, 3.63) is 24.3 Å². The molecule has 0 spiro atoms. The number of anilines is 1. The number of likely N-dealkylation sites (tertiary alicyclic amines) is 1. The number of imide groups is 1. The van der Waals surface area contributed by atoms with Crippen LogP contribution in [0.5, 0.6) is 0 Å². The monoisotopic (exact) mass is 297 g/mol. The number of nitrogen functional groups attached to an aromatic ring is 1. The topological polar surface area (TPSA) is 110 Å². The summed E-state index contributed by atoms with van der Waals surface area (Å²) < 4.78 is 26.6. The second-order valence-corrected chi connectivity index (χ2v) is 6.29. The number of nitrogens with two attached hydrogens (primary N) is 1. The zero-order chi connectivity index (χ0) is 14.9. The summed E-state index contributed by atoms with van der Waals surface area (Å²) in [5.41, 5.74) is 5.86. The highest BCUT2D eigenvalue weighted by atomic mass is 32.2. The van der Waals surface area contributed by atoms with E-state index in [4.69, 9.17) is 5.73 Å². The fourth-order valence-corrected chi connectivity index (χ4v) is 3.24. The molecule has 0 radical (unpaired) electrons. The van der Waals surface area contributed by atoms with E-state index in [1.165, 1.54) is 25.2 Å². The molecule has 1 fully saturated rings. The van der Waals surface area contributed by atoms with E-state index in [0.29, 0.717) is 5.69 Å². The van der Waals surface area contributed by atoms with Crippen molar-refractivity contribution in [2.24, 2.45) is 0 Å². The molecule has 1 aliphatic heterocycles. The van der Waals surface area contributed by atoms with Crippen LogP contribution in [0.3, 0.4) is 0 Å². The number of nitrogens with zero attached hydrogens (tertiary/aromatic N) is 1. The van der Waals surface area contributed by atoms with Crippen molar-refractivity contribution in [1.82, 2.24) is 9.62 Å². The molecule has 0 aliphatic carbocycles. The van der Waals surface area contributed by atoms with Crippen LogP contribution in [0.25, 0.3) is 0 Å². The predicted molar refractivity (Wildman–Crippen MR) is 72.0 cm³/mol. The summed E-state index contributed by atoms with van der Waals surface area (Å²) >= 11 is 0. The second kappa shape index (κ2) is 5.22. The Balaban J connectivity index is 2.21. The molecule has 8 heteroatoms. The largest absolute Gasteiger partial charge is 0.399 e. The summed E-state index contributed by atoms with van der Waals surface area (Å²) in [5.74, 6) is -0.858. The Labute approximate surface area is 116 Å². The van der Waals surface area contributed by atoms with Crippen molar-refractivity contribution in [2.45, 2.75) is 23.8 Å². The Morgan fingerprint density at radius 2 is 2.05 bits per heavy atom. The van der Waals surface area contributed by atoms with Gasteiger partial charge in [-0.05, 0) is 24.6 Å². The smallest absolute Gasteiger partial charge is 0.247 e. The molecule has 0 aromatic heterocycles. The minimum absolute atomic E-state index is 0.00940. The number of piperidine rings is 1. The van der Waals surface area contributed by atoms with Gasteiger partial charge in [-0.25, -0.2) is 8.42 Å². The molecule has 7 nitrogen and oxygen atoms in total. The number of rotatable bonds is 3. The van der Waals surface area contributed by atoms with Gasteiger partial charge in [-0.15, -0.1) is 0 Å². The Hall–Kier alpha value is -1.93. The lowest BCUT2D eigenvalue weighted by Crippen LogP contribution is -2.52. The third-order valence-electron chi connectivity index (χ3n) is 3.12. The maximum atomic E-state index is 12.2. The molecule has 20 heavy (non-hydrogen) atoms. The van der Waals surface area contributed by atoms with Crippen molar-refractivity contribution >= 4 is 27.5 Å². The number of carbonyl (C=O) groups excluding carboxylic acids is 2. The molecule has 1 aliphatic rings. The van der Waals surface area contributed by atoms with Gasteiger partial charge in [0.2, 0.25) is 21.8 Å². The summed E-state index contributed by atoms with van der Waals surface area (Å²) in [6.45, 7) is 0. The molecule has 2 amide bonds. The molecule has 2 rings (SSSR count). The Kier molecular flexibility index (Phi) is 3.78. The van der Waals surface area contributed by atoms with E-state index in [1.807, 2.05) is 0 Å². The molecule has 1 atom stereocenters. The van der Waals surface area contributed by atoms with E-state index >= 15 is 0 Å². The first-order chi connectivity index (χ1) is 9.31. The van der Waals surface area contributed by atoms with Gasteiger partial charge in [0.25, 0.3) is 0 Å². The number of hydrogen-bond acceptors (Lipinski definition) is 5. The van der Waals surface area contributed by atoms with E-state index in [9.17, 15) is 18.0 Å². The average Bonchev–Trinajstić information content (AvgIpc) is 2.39. The van der Waals surface area contributed by atoms with Crippen LogP contribution in [0.15, 0.2) is 29.2 Å². The van der Waals surface area contributed by atoms with Crippen LogP contribution in [0, 0.1) is 0 Å². The van der Waals surface area contributed by atoms with E-state index in [2.05, 4.69) is 4.72 Å². The maximum Gasteiger partial charge on any atom is 0.247 e. The molecule has 3 N–H and O–H groups in total. The molecule has 1 aromatic rings. The summed E-state index contributed by atoms with van der Waals surface area (Å²) in [5, 5.41) is 0. The van der Waals surface area contributed by atoms with Crippen LogP contribution in [0.1, 0.15) is 12.8 Å². The lowest BCUT2D eigenvalue weighted by molar-refractivity contribution is -0.147. The summed E-state index contributed by atoms with van der Waals surface area (Å²) in [7, 11) is -2.51. The molecule has 1 unspecified atom stereocenters. The normalized spacial score (nSPS) is 20.2. The molecule has 1 saturated heterocycles. The van der Waals surface area contributed by atoms with Crippen LogP contribution >= 0.6 is 0 Å². The first kappa shape index (κ1) is 14.5. The lowest BCUT2D eigenvalue weighted by atomic mass is 10.1. The van der Waals surface area contributed by atoms with Crippen LogP contribution < -0.4 is 10.5 Å². The van der Waals surface area contributed by atoms with Gasteiger partial charge in [-0.1, -0.05) is 6.07 Å². The van der Waals surface area contributed by atoms with Crippen LogP contribution in [-0.2, 0) is 19.6 Å². The fourth-order valence-electron chi connectivity index (χ4n) is 1.96. The zero-order valence-electron chi connectivity index (χ0n) is 10.9. The van der Waals surface area contributed by atoms with Gasteiger partial charge in [0.15, 0.2) is 0 Å². The average molecular weight is 297 g/mol. The van der Waals surface area contributed by atoms with Crippen molar-refractivity contribution in [1.29, 1.82) is 0 Å². The minimum Gasteiger partial charge on any atom is -0.399 e. The number of nitrogens with one attached hydrogen (secondary N) is 1. The number of benzene rings is 1. The molecule has 0 bridgehead atoms. The van der Waals surface area contributed by atoms with E-state index in [1.54, 1.807) is 6.07 Å². The molecule has 108 valence electrons. The number of amides is 2. The van der Waals surface area contributed by atoms with Gasteiger partial charge < -0.3 is 5.73 Å². The predicted octanol–water partition coefficient (Wildman–Crippen LogP) is -0.306. The molecule has 1 aromatic carbocycles. The highest BCUT2D eigenvalue weighted by Crippen LogP contribution is 2.17. The van der Waals surface area contributed by atoms with Gasteiger partial charge in [0.1, 0.15) is 6.04 Å². The first-order valence-electron chi connectivity index (χ1n) is 5.99. The third-order valence-corrected chi connectivity index (χ3v) is 4.58. The Morgan fingerprint density at radius 3 is 2.70 bits per heavy atom. The third kappa shape index (κ3) is 2.81. The number of hydrogen-bond donors (Lipinski definition) is 2. The number of sulfonamides is 1. The van der Waals surface area contributed by atoms with Crippen molar-refractivity contribution in [3.63, 3.8) is 0 Å². The van der Waals surface area contributed by atoms with Crippen LogP contribution in [0.4, 0.5) is 5.69 Å². The summed E-state index contributed by atoms with van der Waals surface area (Å²) in [6, 6.07) is 4.86. The van der Waals surface area contributed by atoms with Crippen molar-refractivity contribution < 1.29 is 18.0 Å². The van der Waals surface area contributed by atoms with Gasteiger partial charge in [0, 0.05) is 19.2 Å². The Morgan fingerprint density at radius 1 is 1.35 bits per heavy atom. The Bertz CT molecular complexity index is 656. The van der Waals surface area contributed by atoms with Crippen LogP contribution in [-0.4, -0.2) is 38.2 Å². The minimum atomic E-state index is -3.85. The first-order valence-corrected chi connectivity index (χ1v) is 7.48. The quantitative estimate of drug-likeness (QED) is 0.587. The van der Waals surface area contributed by atoms with Crippen molar-refractivity contribution in [3.8, 4) is 0 Å². The van der Waals surface area contributed by atoms with E-state index < -0.39 is 22.0 Å². The van der Waals surface area contributed by atoms with Gasteiger partial charge >= 0.3 is 0 Å². The fraction of sp³-hybridized carbons (Fsp3) is 0.333. The van der Waals surface area contributed by atoms with E-state index in [-0.39, 0.29) is 23.6 Å². The van der Waals surface area contributed by atoms with Crippen LogP contribution in [0.2, 0.25) is 0 Å². The number of likely N-dealkylation sites (N-methyl/N-ethyl adjacent to an activating group) is 1. The molecular formula is C12H15N3O4S. The highest BCUT2D eigenvalue weighted by molar-refractivity contribution is 7.89. The van der Waals surface area contributed by atoms with E-state index in [0.717, 1.165) is 4.90 Å². The molecular weight excluding hydrogens is 282 g/mol. The highest BCUT2D eigenvalue weighted by Gasteiger charge is 2.34. The number of carbonyl (C=O) groups is 2.